The molecule has 6 heterocycles. The van der Waals surface area contributed by atoms with Crippen molar-refractivity contribution in [2.75, 3.05) is 63.7 Å². The van der Waals surface area contributed by atoms with Crippen LogP contribution in [0.15, 0.2) is 107 Å². The molecule has 2 fully saturated rings. The van der Waals surface area contributed by atoms with Gasteiger partial charge in [-0.15, -0.1) is 0 Å². The summed E-state index contributed by atoms with van der Waals surface area (Å²) in [7, 11) is 0. The fourth-order valence-electron chi connectivity index (χ4n) is 5.42. The van der Waals surface area contributed by atoms with Crippen molar-refractivity contribution in [3.8, 4) is 0 Å². The fraction of sp³-hybridized carbons (Fsp3) is 0.222. The zero-order valence-corrected chi connectivity index (χ0v) is 32.8. The van der Waals surface area contributed by atoms with E-state index >= 15 is 0 Å². The van der Waals surface area contributed by atoms with Gasteiger partial charge in [0.2, 0.25) is 0 Å². The lowest BCUT2D eigenvalue weighted by Gasteiger charge is -2.26. The summed E-state index contributed by atoms with van der Waals surface area (Å²) in [6, 6.07) is 18.5. The number of anilines is 3. The summed E-state index contributed by atoms with van der Waals surface area (Å²) in [6.07, 6.45) is 11.3. The predicted molar refractivity (Wildman–Crippen MR) is 213 cm³/mol. The average Bonchev–Trinajstić information content (AvgIpc) is 3.83. The van der Waals surface area contributed by atoms with Gasteiger partial charge in [-0.3, -0.25) is 9.59 Å². The number of benzene rings is 2. The zero-order chi connectivity index (χ0) is 35.7. The molecule has 2 aliphatic heterocycles. The van der Waals surface area contributed by atoms with Crippen molar-refractivity contribution in [2.24, 2.45) is 0 Å². The van der Waals surface area contributed by atoms with Gasteiger partial charge in [-0.05, 0) is 115 Å². The molecule has 0 radical (unpaired) electrons. The lowest BCUT2D eigenvalue weighted by atomic mass is 10.1. The number of nitrogens with one attached hydrogen (secondary N) is 1. The molecule has 2 amide bonds. The highest BCUT2D eigenvalue weighted by Gasteiger charge is 2.19. The van der Waals surface area contributed by atoms with Crippen LogP contribution in [-0.4, -0.2) is 93.0 Å². The number of hydrogen-bond donors (Lipinski definition) is 2. The molecule has 12 nitrogen and oxygen atoms in total. The minimum absolute atomic E-state index is 0.0490. The number of ether oxygens (including phenoxy) is 2. The van der Waals surface area contributed by atoms with Gasteiger partial charge in [-0.1, -0.05) is 0 Å². The summed E-state index contributed by atoms with van der Waals surface area (Å²) in [6.45, 7) is 5.10. The van der Waals surface area contributed by atoms with Crippen LogP contribution in [0.3, 0.4) is 0 Å². The summed E-state index contributed by atoms with van der Waals surface area (Å²) >= 11 is 9.19. The third kappa shape index (κ3) is 9.65. The van der Waals surface area contributed by atoms with Crippen LogP contribution < -0.4 is 11.1 Å². The maximum atomic E-state index is 12.5. The molecule has 3 N–H and O–H groups in total. The molecule has 0 atom stereocenters. The summed E-state index contributed by atoms with van der Waals surface area (Å²) < 4.78 is 17.6. The molecule has 15 heteroatoms. The molecule has 51 heavy (non-hydrogen) atoms. The van der Waals surface area contributed by atoms with E-state index in [-0.39, 0.29) is 11.8 Å². The second-order valence-corrected chi connectivity index (χ2v) is 14.5. The van der Waals surface area contributed by atoms with Crippen LogP contribution in [0.2, 0.25) is 0 Å². The maximum absolute atomic E-state index is 12.5. The Labute approximate surface area is 325 Å². The van der Waals surface area contributed by atoms with E-state index in [0.29, 0.717) is 69.4 Å². The molecule has 0 aliphatic carbocycles. The summed E-state index contributed by atoms with van der Waals surface area (Å²) in [5, 5.41) is 3.36. The largest absolute Gasteiger partial charge is 0.399 e. The van der Waals surface area contributed by atoms with Crippen molar-refractivity contribution in [2.45, 2.75) is 0 Å². The number of rotatable bonds is 4. The molecular formula is C36H35Br2IN8O4. The number of nitrogens with zero attached hydrogens (tertiary/aromatic N) is 6. The van der Waals surface area contributed by atoms with Crippen LogP contribution >= 0.6 is 54.5 Å². The van der Waals surface area contributed by atoms with E-state index in [1.165, 1.54) is 0 Å². The van der Waals surface area contributed by atoms with E-state index in [1.54, 1.807) is 41.6 Å². The summed E-state index contributed by atoms with van der Waals surface area (Å²) in [5.74, 6) is 0.103. The lowest BCUT2D eigenvalue weighted by molar-refractivity contribution is 0.0301. The normalized spacial score (nSPS) is 14.3. The van der Waals surface area contributed by atoms with Crippen LogP contribution in [0.1, 0.15) is 20.7 Å². The number of imidazole rings is 2. The summed E-state index contributed by atoms with van der Waals surface area (Å²) in [5.41, 5.74) is 11.3. The van der Waals surface area contributed by atoms with Gasteiger partial charge >= 0.3 is 0 Å². The number of aromatic nitrogens is 4. The smallest absolute Gasteiger partial charge is 0.254 e. The van der Waals surface area contributed by atoms with Crippen molar-refractivity contribution >= 4 is 94.6 Å². The number of amides is 2. The molecule has 4 aromatic heterocycles. The Hall–Kier alpha value is -4.03. The molecule has 0 bridgehead atoms. The number of carbonyl (C=O) groups is 2. The summed E-state index contributed by atoms with van der Waals surface area (Å²) in [4.78, 5) is 36.6. The standard InChI is InChI=1S/C18H17BrN4O2.C11H14N2O2.C7H4BrIN2/c19-14-11-16(17-20-5-6-23(17)12-14)21-15-3-1-13(2-4-15)18(24)22-7-9-25-10-8-22;12-10-3-1-9(2-4-10)11(14)13-5-7-15-8-6-13;8-5-3-6(9)7-10-1-2-11(7)4-5/h1-6,11-12,21H,7-10H2;1-4H,5-8,12H2;1-4H. The molecule has 8 rings (SSSR count). The molecular weight excluding hydrogens is 895 g/mol. The van der Waals surface area contributed by atoms with Gasteiger partial charge in [-0.2, -0.15) is 0 Å². The van der Waals surface area contributed by atoms with Gasteiger partial charge in [0.25, 0.3) is 11.8 Å². The van der Waals surface area contributed by atoms with Crippen LogP contribution in [0.4, 0.5) is 17.1 Å². The van der Waals surface area contributed by atoms with Crippen LogP contribution in [0.25, 0.3) is 11.3 Å². The number of fused-ring (bicyclic) bond motifs is 2. The van der Waals surface area contributed by atoms with Crippen molar-refractivity contribution in [1.29, 1.82) is 0 Å². The quantitative estimate of drug-likeness (QED) is 0.147. The first kappa shape index (κ1) is 36.8. The number of hydrogen-bond acceptors (Lipinski definition) is 8. The zero-order valence-electron chi connectivity index (χ0n) is 27.4. The van der Waals surface area contributed by atoms with Crippen molar-refractivity contribution in [1.82, 2.24) is 28.6 Å². The first-order chi connectivity index (χ1) is 24.7. The number of halogens is 3. The lowest BCUT2D eigenvalue weighted by Crippen LogP contribution is -2.40. The van der Waals surface area contributed by atoms with Gasteiger partial charge in [-0.25, -0.2) is 9.97 Å². The third-order valence-corrected chi connectivity index (χ3v) is 9.69. The molecule has 264 valence electrons. The van der Waals surface area contributed by atoms with E-state index in [1.807, 2.05) is 74.9 Å². The molecule has 6 aromatic rings. The molecule has 0 unspecified atom stereocenters. The maximum Gasteiger partial charge on any atom is 0.254 e. The van der Waals surface area contributed by atoms with Gasteiger partial charge in [0.05, 0.1) is 35.7 Å². The number of carbonyl (C=O) groups excluding carboxylic acids is 2. The number of nitrogen functional groups attached to an aromatic ring is 1. The number of pyridine rings is 2. The van der Waals surface area contributed by atoms with Crippen molar-refractivity contribution < 1.29 is 19.1 Å². The minimum Gasteiger partial charge on any atom is -0.399 e. The molecule has 0 saturated carbocycles. The first-order valence-electron chi connectivity index (χ1n) is 16.1. The Bertz CT molecular complexity index is 2090. The molecule has 2 aromatic carbocycles. The van der Waals surface area contributed by atoms with Gasteiger partial charge in [0.15, 0.2) is 5.65 Å². The Balaban J connectivity index is 0.000000146. The predicted octanol–water partition coefficient (Wildman–Crippen LogP) is 6.76. The van der Waals surface area contributed by atoms with Crippen molar-refractivity contribution in [3.05, 3.63) is 121 Å². The van der Waals surface area contributed by atoms with E-state index in [4.69, 9.17) is 15.2 Å². The van der Waals surface area contributed by atoms with E-state index < -0.39 is 0 Å². The van der Waals surface area contributed by atoms with Crippen LogP contribution in [0, 0.1) is 3.57 Å². The van der Waals surface area contributed by atoms with Crippen LogP contribution in [-0.2, 0) is 9.47 Å². The van der Waals surface area contributed by atoms with Gasteiger partial charge < -0.3 is 39.1 Å². The Morgan fingerprint density at radius 2 is 1.18 bits per heavy atom. The topological polar surface area (TPSA) is 132 Å². The van der Waals surface area contributed by atoms with Crippen molar-refractivity contribution in [3.63, 3.8) is 0 Å². The Kier molecular flexibility index (Phi) is 12.6. The average molecular weight is 930 g/mol. The molecule has 0 spiro atoms. The Morgan fingerprint density at radius 1 is 0.706 bits per heavy atom. The SMILES string of the molecule is Brc1cc(I)c2nccn2c1.Nc1ccc(C(=O)N2CCOCC2)cc1.O=C(c1ccc(Nc2cc(Br)cn3ccnc23)cc1)N1CCOCC1. The third-order valence-electron chi connectivity index (χ3n) is 8.03. The fourth-order valence-corrected chi connectivity index (χ4v) is 7.50. The van der Waals surface area contributed by atoms with Gasteiger partial charge in [0.1, 0.15) is 5.65 Å². The van der Waals surface area contributed by atoms with E-state index in [0.717, 1.165) is 35.2 Å². The minimum atomic E-state index is 0.0490. The number of morpholine rings is 2. The van der Waals surface area contributed by atoms with E-state index in [2.05, 4.69) is 69.7 Å². The Morgan fingerprint density at radius 3 is 1.73 bits per heavy atom. The highest BCUT2D eigenvalue weighted by Crippen LogP contribution is 2.25. The first-order valence-corrected chi connectivity index (χ1v) is 18.8. The second kappa shape index (κ2) is 17.5. The molecule has 2 aliphatic rings. The second-order valence-electron chi connectivity index (χ2n) is 11.5. The highest BCUT2D eigenvalue weighted by atomic mass is 127. The van der Waals surface area contributed by atoms with E-state index in [9.17, 15) is 9.59 Å². The highest BCUT2D eigenvalue weighted by molar-refractivity contribution is 14.1. The molecule has 2 saturated heterocycles. The van der Waals surface area contributed by atoms with Crippen LogP contribution in [0.5, 0.6) is 0 Å². The number of nitrogens with two attached hydrogens (primary N) is 1. The monoisotopic (exact) mass is 928 g/mol. The van der Waals surface area contributed by atoms with Gasteiger partial charge in [0, 0.05) is 94.8 Å².